The van der Waals surface area contributed by atoms with Gasteiger partial charge in [0, 0.05) is 11.4 Å². The zero-order valence-corrected chi connectivity index (χ0v) is 12.9. The summed E-state index contributed by atoms with van der Waals surface area (Å²) in [6.07, 6.45) is 0. The quantitative estimate of drug-likeness (QED) is 0.352. The first-order chi connectivity index (χ1) is 10.1. The molecule has 0 fully saturated rings. The van der Waals surface area contributed by atoms with Crippen LogP contribution in [-0.2, 0) is 0 Å². The number of anilines is 2. The second kappa shape index (κ2) is 6.85. The average molecular weight is 298 g/mol. The van der Waals surface area contributed by atoms with Crippen molar-refractivity contribution < 1.29 is 0 Å². The molecule has 0 aliphatic rings. The maximum absolute atomic E-state index is 5.76. The van der Waals surface area contributed by atoms with E-state index < -0.39 is 0 Å². The van der Waals surface area contributed by atoms with Gasteiger partial charge in [-0.2, -0.15) is 5.10 Å². The highest BCUT2D eigenvalue weighted by Gasteiger charge is 2.01. The van der Waals surface area contributed by atoms with Gasteiger partial charge in [0.2, 0.25) is 0 Å². The van der Waals surface area contributed by atoms with E-state index in [9.17, 15) is 0 Å². The fourth-order valence-corrected chi connectivity index (χ4v) is 1.98. The SMILES string of the molecule is C/C(=N/NC(=S)Nc1ccccc1C)c1cccc(N)c1. The van der Waals surface area contributed by atoms with Gasteiger partial charge < -0.3 is 11.1 Å². The van der Waals surface area contributed by atoms with Crippen LogP contribution in [0.2, 0.25) is 0 Å². The largest absolute Gasteiger partial charge is 0.399 e. The number of rotatable bonds is 3. The average Bonchev–Trinajstić information content (AvgIpc) is 2.47. The first-order valence-electron chi connectivity index (χ1n) is 6.59. The van der Waals surface area contributed by atoms with Crippen LogP contribution in [0.15, 0.2) is 53.6 Å². The van der Waals surface area contributed by atoms with Crippen molar-refractivity contribution in [3.8, 4) is 0 Å². The van der Waals surface area contributed by atoms with Crippen molar-refractivity contribution in [3.05, 3.63) is 59.7 Å². The number of benzene rings is 2. The van der Waals surface area contributed by atoms with Gasteiger partial charge in [0.1, 0.15) is 0 Å². The molecule has 2 aromatic rings. The number of aryl methyl sites for hydroxylation is 1. The fourth-order valence-electron chi connectivity index (χ4n) is 1.83. The molecule has 0 aliphatic carbocycles. The Labute approximate surface area is 130 Å². The Balaban J connectivity index is 2.00. The van der Waals surface area contributed by atoms with E-state index in [1.165, 1.54) is 0 Å². The minimum atomic E-state index is 0.451. The molecule has 0 aliphatic heterocycles. The van der Waals surface area contributed by atoms with E-state index in [0.717, 1.165) is 22.5 Å². The van der Waals surface area contributed by atoms with E-state index in [0.29, 0.717) is 10.8 Å². The highest BCUT2D eigenvalue weighted by molar-refractivity contribution is 7.80. The topological polar surface area (TPSA) is 62.4 Å². The number of nitrogen functional groups attached to an aromatic ring is 1. The summed E-state index contributed by atoms with van der Waals surface area (Å²) in [5, 5.41) is 7.84. The molecule has 4 N–H and O–H groups in total. The van der Waals surface area contributed by atoms with Gasteiger partial charge in [-0.05, 0) is 55.4 Å². The van der Waals surface area contributed by atoms with Crippen LogP contribution in [0.5, 0.6) is 0 Å². The molecule has 2 aromatic carbocycles. The summed E-state index contributed by atoms with van der Waals surface area (Å²) in [6, 6.07) is 15.5. The third kappa shape index (κ3) is 4.29. The van der Waals surface area contributed by atoms with Crippen molar-refractivity contribution in [1.29, 1.82) is 0 Å². The molecule has 0 radical (unpaired) electrons. The normalized spacial score (nSPS) is 11.0. The lowest BCUT2D eigenvalue weighted by Gasteiger charge is -2.10. The Morgan fingerprint density at radius 1 is 1.14 bits per heavy atom. The monoisotopic (exact) mass is 298 g/mol. The number of nitrogens with zero attached hydrogens (tertiary/aromatic N) is 1. The van der Waals surface area contributed by atoms with Crippen LogP contribution in [0.4, 0.5) is 11.4 Å². The molecule has 108 valence electrons. The molecule has 0 unspecified atom stereocenters. The van der Waals surface area contributed by atoms with Gasteiger partial charge in [0.25, 0.3) is 0 Å². The molecule has 0 aromatic heterocycles. The zero-order chi connectivity index (χ0) is 15.2. The summed E-state index contributed by atoms with van der Waals surface area (Å²) in [4.78, 5) is 0. The first kappa shape index (κ1) is 15.0. The van der Waals surface area contributed by atoms with Crippen molar-refractivity contribution >= 4 is 34.4 Å². The zero-order valence-electron chi connectivity index (χ0n) is 12.1. The molecule has 0 bridgehead atoms. The molecule has 0 saturated carbocycles. The summed E-state index contributed by atoms with van der Waals surface area (Å²) >= 11 is 5.24. The van der Waals surface area contributed by atoms with Crippen molar-refractivity contribution in [2.24, 2.45) is 5.10 Å². The minimum Gasteiger partial charge on any atom is -0.399 e. The van der Waals surface area contributed by atoms with E-state index in [1.54, 1.807) is 0 Å². The lowest BCUT2D eigenvalue weighted by atomic mass is 10.1. The van der Waals surface area contributed by atoms with Gasteiger partial charge >= 0.3 is 0 Å². The van der Waals surface area contributed by atoms with Crippen LogP contribution in [0.25, 0.3) is 0 Å². The number of thiocarbonyl (C=S) groups is 1. The predicted molar refractivity (Wildman–Crippen MR) is 93.6 cm³/mol. The lowest BCUT2D eigenvalue weighted by Crippen LogP contribution is -2.25. The van der Waals surface area contributed by atoms with Crippen molar-refractivity contribution in [3.63, 3.8) is 0 Å². The van der Waals surface area contributed by atoms with Crippen molar-refractivity contribution in [1.82, 2.24) is 5.43 Å². The minimum absolute atomic E-state index is 0.451. The number of hydrazone groups is 1. The van der Waals surface area contributed by atoms with Gasteiger partial charge in [-0.15, -0.1) is 0 Å². The number of hydrogen-bond donors (Lipinski definition) is 3. The van der Waals surface area contributed by atoms with Crippen molar-refractivity contribution in [2.75, 3.05) is 11.1 Å². The van der Waals surface area contributed by atoms with E-state index >= 15 is 0 Å². The highest BCUT2D eigenvalue weighted by Crippen LogP contribution is 2.12. The Morgan fingerprint density at radius 2 is 1.90 bits per heavy atom. The molecule has 2 rings (SSSR count). The second-order valence-electron chi connectivity index (χ2n) is 4.70. The molecule has 4 nitrogen and oxygen atoms in total. The highest BCUT2D eigenvalue weighted by atomic mass is 32.1. The molecule has 0 heterocycles. The van der Waals surface area contributed by atoms with Gasteiger partial charge in [0.15, 0.2) is 5.11 Å². The van der Waals surface area contributed by atoms with Crippen LogP contribution in [0, 0.1) is 6.92 Å². The van der Waals surface area contributed by atoms with Gasteiger partial charge in [-0.25, -0.2) is 0 Å². The Bertz CT molecular complexity index is 679. The maximum atomic E-state index is 5.76. The van der Waals surface area contributed by atoms with Gasteiger partial charge in [0.05, 0.1) is 5.71 Å². The Morgan fingerprint density at radius 3 is 2.62 bits per heavy atom. The van der Waals surface area contributed by atoms with E-state index in [4.69, 9.17) is 18.0 Å². The number of hydrogen-bond acceptors (Lipinski definition) is 3. The third-order valence-electron chi connectivity index (χ3n) is 3.02. The molecular formula is C16H18N4S. The van der Waals surface area contributed by atoms with Gasteiger partial charge in [-0.1, -0.05) is 30.3 Å². The van der Waals surface area contributed by atoms with Crippen LogP contribution >= 0.6 is 12.2 Å². The summed E-state index contributed by atoms with van der Waals surface area (Å²) in [7, 11) is 0. The number of nitrogens with one attached hydrogen (secondary N) is 2. The van der Waals surface area contributed by atoms with Crippen molar-refractivity contribution in [2.45, 2.75) is 13.8 Å². The smallest absolute Gasteiger partial charge is 0.191 e. The molecule has 0 amide bonds. The van der Waals surface area contributed by atoms with Crippen LogP contribution in [0.3, 0.4) is 0 Å². The van der Waals surface area contributed by atoms with Crippen LogP contribution < -0.4 is 16.5 Å². The molecular weight excluding hydrogens is 280 g/mol. The lowest BCUT2D eigenvalue weighted by molar-refractivity contribution is 1.04. The molecule has 5 heteroatoms. The van der Waals surface area contributed by atoms with E-state index in [-0.39, 0.29) is 0 Å². The van der Waals surface area contributed by atoms with Crippen LogP contribution in [0.1, 0.15) is 18.1 Å². The summed E-state index contributed by atoms with van der Waals surface area (Å²) in [5.74, 6) is 0. The second-order valence-corrected chi connectivity index (χ2v) is 5.11. The first-order valence-corrected chi connectivity index (χ1v) is 7.00. The predicted octanol–water partition coefficient (Wildman–Crippen LogP) is 3.29. The Kier molecular flexibility index (Phi) is 4.90. The van der Waals surface area contributed by atoms with E-state index in [2.05, 4.69) is 15.8 Å². The number of para-hydroxylation sites is 1. The van der Waals surface area contributed by atoms with Crippen LogP contribution in [-0.4, -0.2) is 10.8 Å². The fraction of sp³-hybridized carbons (Fsp3) is 0.125. The molecule has 0 atom stereocenters. The third-order valence-corrected chi connectivity index (χ3v) is 3.22. The number of nitrogens with two attached hydrogens (primary N) is 1. The summed E-state index contributed by atoms with van der Waals surface area (Å²) in [6.45, 7) is 3.92. The Hall–Kier alpha value is -2.40. The summed E-state index contributed by atoms with van der Waals surface area (Å²) < 4.78 is 0. The standard InChI is InChI=1S/C16H18N4S/c1-11-6-3-4-9-15(11)18-16(21)20-19-12(2)13-7-5-8-14(17)10-13/h3-10H,17H2,1-2H3,(H2,18,20,21)/b19-12-. The van der Waals surface area contributed by atoms with E-state index in [1.807, 2.05) is 62.4 Å². The summed E-state index contributed by atoms with van der Waals surface area (Å²) in [5.41, 5.74) is 13.2. The molecule has 0 saturated heterocycles. The molecule has 21 heavy (non-hydrogen) atoms. The van der Waals surface area contributed by atoms with Gasteiger partial charge in [-0.3, -0.25) is 5.43 Å². The maximum Gasteiger partial charge on any atom is 0.191 e. The molecule has 0 spiro atoms.